The number of benzene rings is 1. The summed E-state index contributed by atoms with van der Waals surface area (Å²) in [7, 11) is -2.91. The van der Waals surface area contributed by atoms with Crippen LogP contribution in [-0.2, 0) is 16.4 Å². The van der Waals surface area contributed by atoms with Gasteiger partial charge in [0.05, 0.1) is 17.0 Å². The number of aromatic nitrogens is 1. The number of aryl methyl sites for hydroxylation is 2. The van der Waals surface area contributed by atoms with Crippen LogP contribution in [0.25, 0.3) is 10.9 Å². The lowest BCUT2D eigenvalue weighted by Gasteiger charge is -2.26. The number of hydrogen-bond donors (Lipinski definition) is 1. The van der Waals surface area contributed by atoms with Crippen molar-refractivity contribution < 1.29 is 8.42 Å². The predicted molar refractivity (Wildman–Crippen MR) is 97.2 cm³/mol. The van der Waals surface area contributed by atoms with E-state index in [1.165, 1.54) is 0 Å². The van der Waals surface area contributed by atoms with E-state index in [1.807, 2.05) is 26.8 Å². The zero-order valence-electron chi connectivity index (χ0n) is 14.4. The highest BCUT2D eigenvalue weighted by Crippen LogP contribution is 2.21. The fourth-order valence-electron chi connectivity index (χ4n) is 3.63. The largest absolute Gasteiger partial charge is 0.357 e. The van der Waals surface area contributed by atoms with Crippen LogP contribution in [-0.4, -0.2) is 42.4 Å². The van der Waals surface area contributed by atoms with Gasteiger partial charge in [-0.25, -0.2) is 8.42 Å². The van der Waals surface area contributed by atoms with E-state index in [0.717, 1.165) is 28.9 Å². The van der Waals surface area contributed by atoms with Gasteiger partial charge in [0.25, 0.3) is 0 Å². The van der Waals surface area contributed by atoms with Gasteiger partial charge in [-0.15, -0.1) is 0 Å². The first-order valence-corrected chi connectivity index (χ1v) is 10.2. The van der Waals surface area contributed by atoms with Crippen LogP contribution in [0.15, 0.2) is 23.0 Å². The molecule has 0 spiro atoms. The number of fused-ring (bicyclic) bond motifs is 1. The Kier molecular flexibility index (Phi) is 4.53. The van der Waals surface area contributed by atoms with Crippen LogP contribution >= 0.6 is 0 Å². The second-order valence-electron chi connectivity index (χ2n) is 6.78. The lowest BCUT2D eigenvalue weighted by molar-refractivity contribution is 0.212. The molecule has 2 heterocycles. The molecule has 1 N–H and O–H groups in total. The third-order valence-electron chi connectivity index (χ3n) is 4.84. The number of hydrogen-bond acceptors (Lipinski definition) is 4. The van der Waals surface area contributed by atoms with Gasteiger partial charge in [0.2, 0.25) is 0 Å². The van der Waals surface area contributed by atoms with Gasteiger partial charge in [0.15, 0.2) is 15.3 Å². The molecule has 1 atom stereocenters. The molecule has 0 amide bonds. The molecular weight excluding hydrogens is 324 g/mol. The minimum Gasteiger partial charge on any atom is -0.357 e. The minimum absolute atomic E-state index is 0.0145. The summed E-state index contributed by atoms with van der Waals surface area (Å²) in [6.45, 7) is 7.33. The fourth-order valence-corrected chi connectivity index (χ4v) is 5.39. The minimum atomic E-state index is -2.91. The number of rotatable bonds is 4. The molecule has 3 rings (SSSR count). The second-order valence-corrected chi connectivity index (χ2v) is 9.01. The number of H-pyrrole nitrogens is 1. The second kappa shape index (κ2) is 6.33. The summed E-state index contributed by atoms with van der Waals surface area (Å²) < 4.78 is 23.5. The molecule has 0 bridgehead atoms. The monoisotopic (exact) mass is 348 g/mol. The topological polar surface area (TPSA) is 70.2 Å². The van der Waals surface area contributed by atoms with Crippen LogP contribution in [0.4, 0.5) is 0 Å². The van der Waals surface area contributed by atoms with Crippen LogP contribution < -0.4 is 5.43 Å². The highest BCUT2D eigenvalue weighted by Gasteiger charge is 2.31. The molecule has 2 aromatic rings. The first kappa shape index (κ1) is 17.2. The van der Waals surface area contributed by atoms with Gasteiger partial charge in [-0.1, -0.05) is 13.0 Å². The van der Waals surface area contributed by atoms with Crippen molar-refractivity contribution in [2.75, 3.05) is 18.1 Å². The van der Waals surface area contributed by atoms with Gasteiger partial charge in [-0.3, -0.25) is 9.69 Å². The zero-order chi connectivity index (χ0) is 17.5. The van der Waals surface area contributed by atoms with Gasteiger partial charge in [0, 0.05) is 29.7 Å². The number of sulfone groups is 1. The first-order chi connectivity index (χ1) is 11.3. The lowest BCUT2D eigenvalue weighted by Crippen LogP contribution is -2.36. The molecule has 0 aliphatic carbocycles. The van der Waals surface area contributed by atoms with Crippen molar-refractivity contribution in [1.29, 1.82) is 0 Å². The van der Waals surface area contributed by atoms with E-state index >= 15 is 0 Å². The first-order valence-electron chi connectivity index (χ1n) is 8.36. The molecule has 5 nitrogen and oxygen atoms in total. The Labute approximate surface area is 142 Å². The molecule has 0 radical (unpaired) electrons. The molecule has 24 heavy (non-hydrogen) atoms. The van der Waals surface area contributed by atoms with Crippen molar-refractivity contribution in [2.45, 2.75) is 39.8 Å². The van der Waals surface area contributed by atoms with Crippen LogP contribution in [0, 0.1) is 13.8 Å². The highest BCUT2D eigenvalue weighted by molar-refractivity contribution is 7.91. The quantitative estimate of drug-likeness (QED) is 0.919. The van der Waals surface area contributed by atoms with Crippen molar-refractivity contribution >= 4 is 20.7 Å². The van der Waals surface area contributed by atoms with Gasteiger partial charge >= 0.3 is 0 Å². The Morgan fingerprint density at radius 1 is 1.25 bits per heavy atom. The highest BCUT2D eigenvalue weighted by atomic mass is 32.2. The average molecular weight is 348 g/mol. The predicted octanol–water partition coefficient (Wildman–Crippen LogP) is 2.15. The number of nitrogens with one attached hydrogen (secondary N) is 1. The van der Waals surface area contributed by atoms with Crippen LogP contribution in [0.2, 0.25) is 0 Å². The van der Waals surface area contributed by atoms with E-state index in [4.69, 9.17) is 0 Å². The maximum absolute atomic E-state index is 12.5. The van der Waals surface area contributed by atoms with E-state index in [9.17, 15) is 13.2 Å². The normalized spacial score (nSPS) is 20.1. The van der Waals surface area contributed by atoms with Crippen molar-refractivity contribution in [3.05, 3.63) is 45.2 Å². The summed E-state index contributed by atoms with van der Waals surface area (Å²) in [4.78, 5) is 18.0. The summed E-state index contributed by atoms with van der Waals surface area (Å²) in [5.74, 6) is 0.484. The van der Waals surface area contributed by atoms with Crippen molar-refractivity contribution in [1.82, 2.24) is 9.88 Å². The third-order valence-corrected chi connectivity index (χ3v) is 6.59. The van der Waals surface area contributed by atoms with Crippen LogP contribution in [0.3, 0.4) is 0 Å². The van der Waals surface area contributed by atoms with E-state index in [-0.39, 0.29) is 23.0 Å². The summed E-state index contributed by atoms with van der Waals surface area (Å²) >= 11 is 0. The summed E-state index contributed by atoms with van der Waals surface area (Å²) in [5.41, 5.74) is 3.85. The molecule has 6 heteroatoms. The Morgan fingerprint density at radius 3 is 2.62 bits per heavy atom. The molecule has 0 saturated carbocycles. The summed E-state index contributed by atoms with van der Waals surface area (Å²) in [6, 6.07) is 5.65. The molecule has 1 aliphatic rings. The van der Waals surface area contributed by atoms with E-state index < -0.39 is 9.84 Å². The number of nitrogens with zero attached hydrogens (tertiary/aromatic N) is 1. The molecular formula is C18H24N2O3S. The maximum Gasteiger partial charge on any atom is 0.189 e. The Bertz CT molecular complexity index is 931. The Morgan fingerprint density at radius 2 is 2.00 bits per heavy atom. The van der Waals surface area contributed by atoms with E-state index in [1.54, 1.807) is 6.07 Å². The van der Waals surface area contributed by atoms with Gasteiger partial charge < -0.3 is 4.98 Å². The smallest absolute Gasteiger partial charge is 0.189 e. The molecule has 1 fully saturated rings. The van der Waals surface area contributed by atoms with E-state index in [2.05, 4.69) is 16.0 Å². The summed E-state index contributed by atoms with van der Waals surface area (Å²) in [6.07, 6.45) is 0.673. The number of pyridine rings is 1. The van der Waals surface area contributed by atoms with Gasteiger partial charge in [0.1, 0.15) is 0 Å². The van der Waals surface area contributed by atoms with Gasteiger partial charge in [-0.2, -0.15) is 0 Å². The number of aromatic amines is 1. The van der Waals surface area contributed by atoms with Crippen LogP contribution in [0.1, 0.15) is 30.2 Å². The SMILES string of the molecule is CCN(Cc1cc(=O)c2cc(C)cc(C)c2[nH]1)[C@H]1CCS(=O)(=O)C1. The van der Waals surface area contributed by atoms with Crippen LogP contribution in [0.5, 0.6) is 0 Å². The van der Waals surface area contributed by atoms with Crippen molar-refractivity contribution in [3.63, 3.8) is 0 Å². The fraction of sp³-hybridized carbons (Fsp3) is 0.500. The summed E-state index contributed by atoms with van der Waals surface area (Å²) in [5, 5.41) is 0.711. The molecule has 1 saturated heterocycles. The average Bonchev–Trinajstić information content (AvgIpc) is 2.86. The lowest BCUT2D eigenvalue weighted by atomic mass is 10.1. The molecule has 1 aliphatic heterocycles. The molecule has 130 valence electrons. The van der Waals surface area contributed by atoms with Crippen molar-refractivity contribution in [2.24, 2.45) is 0 Å². The molecule has 1 aromatic heterocycles. The Hall–Kier alpha value is -1.66. The third kappa shape index (κ3) is 3.39. The maximum atomic E-state index is 12.5. The molecule has 1 aromatic carbocycles. The zero-order valence-corrected chi connectivity index (χ0v) is 15.2. The Balaban J connectivity index is 1.93. The van der Waals surface area contributed by atoms with Gasteiger partial charge in [-0.05, 0) is 44.0 Å². The van der Waals surface area contributed by atoms with E-state index in [0.29, 0.717) is 18.4 Å². The standard InChI is InChI=1S/C18H24N2O3S/c1-4-20(15-5-6-24(22,23)11-15)10-14-9-17(21)16-8-12(2)7-13(3)18(16)19-14/h7-9,15H,4-6,10-11H2,1-3H3,(H,19,21)/t15-/m0/s1. The van der Waals surface area contributed by atoms with Crippen molar-refractivity contribution in [3.8, 4) is 0 Å². The molecule has 0 unspecified atom stereocenters.